The van der Waals surface area contributed by atoms with Gasteiger partial charge in [0, 0.05) is 51.4 Å². The van der Waals surface area contributed by atoms with Gasteiger partial charge in [0.2, 0.25) is 11.8 Å². The van der Waals surface area contributed by atoms with Gasteiger partial charge in [-0.15, -0.1) is 0 Å². The zero-order valence-corrected chi connectivity index (χ0v) is 15.8. The van der Waals surface area contributed by atoms with Crippen molar-refractivity contribution in [3.05, 3.63) is 24.3 Å². The van der Waals surface area contributed by atoms with Gasteiger partial charge in [0.05, 0.1) is 6.04 Å². The third kappa shape index (κ3) is 4.65. The summed E-state index contributed by atoms with van der Waals surface area (Å²) in [5.74, 6) is 0.802. The zero-order valence-electron chi connectivity index (χ0n) is 15.8. The summed E-state index contributed by atoms with van der Waals surface area (Å²) in [5.41, 5.74) is -0.200. The molecule has 2 amide bonds. The first-order valence-electron chi connectivity index (χ1n) is 9.51. The van der Waals surface area contributed by atoms with E-state index in [-0.39, 0.29) is 23.3 Å². The Kier molecular flexibility index (Phi) is 5.98. The third-order valence-electron chi connectivity index (χ3n) is 5.18. The minimum atomic E-state index is -0.200. The molecule has 0 radical (unpaired) electrons. The highest BCUT2D eigenvalue weighted by molar-refractivity contribution is 5.98. The molecule has 26 heavy (non-hydrogen) atoms. The lowest BCUT2D eigenvalue weighted by molar-refractivity contribution is -0.152. The second-order valence-corrected chi connectivity index (χ2v) is 8.03. The molecule has 1 atom stereocenters. The van der Waals surface area contributed by atoms with Gasteiger partial charge in [0.1, 0.15) is 5.82 Å². The number of nitrogens with zero attached hydrogens (tertiary/aromatic N) is 4. The number of aromatic nitrogens is 2. The monoisotopic (exact) mass is 359 g/mol. The maximum absolute atomic E-state index is 12.2. The van der Waals surface area contributed by atoms with Crippen LogP contribution in [0.3, 0.4) is 0 Å². The zero-order chi connectivity index (χ0) is 18.6. The van der Waals surface area contributed by atoms with Crippen molar-refractivity contribution in [3.63, 3.8) is 0 Å². The molecule has 0 saturated carbocycles. The number of likely N-dealkylation sites (tertiary alicyclic amines) is 1. The van der Waals surface area contributed by atoms with Gasteiger partial charge in [-0.1, -0.05) is 13.8 Å². The van der Waals surface area contributed by atoms with E-state index in [4.69, 9.17) is 0 Å². The second-order valence-electron chi connectivity index (χ2n) is 8.03. The molecule has 3 heterocycles. The predicted molar refractivity (Wildman–Crippen MR) is 98.2 cm³/mol. The largest absolute Gasteiger partial charge is 0.313 e. The minimum absolute atomic E-state index is 0.0241. The van der Waals surface area contributed by atoms with Gasteiger partial charge in [0.15, 0.2) is 0 Å². The Morgan fingerprint density at radius 3 is 2.46 bits per heavy atom. The van der Waals surface area contributed by atoms with Crippen LogP contribution in [0.5, 0.6) is 0 Å². The van der Waals surface area contributed by atoms with Crippen LogP contribution in [-0.2, 0) is 9.59 Å². The van der Waals surface area contributed by atoms with Crippen LogP contribution in [0, 0.1) is 5.41 Å². The van der Waals surface area contributed by atoms with Crippen LogP contribution in [0.15, 0.2) is 18.5 Å². The number of imide groups is 1. The summed E-state index contributed by atoms with van der Waals surface area (Å²) in [7, 11) is 0. The van der Waals surface area contributed by atoms with Crippen molar-refractivity contribution in [2.75, 3.05) is 32.7 Å². The fourth-order valence-electron chi connectivity index (χ4n) is 3.80. The van der Waals surface area contributed by atoms with Crippen LogP contribution in [0.25, 0.3) is 0 Å². The summed E-state index contributed by atoms with van der Waals surface area (Å²) < 4.78 is 0. The molecule has 2 aliphatic rings. The summed E-state index contributed by atoms with van der Waals surface area (Å²) in [6, 6.07) is 2.02. The SMILES string of the molecule is CC1(C)CC(=O)N(CCCCN2CCNCC2c2ncccn2)C(=O)C1. The molecule has 0 bridgehead atoms. The van der Waals surface area contributed by atoms with Crippen molar-refractivity contribution in [3.8, 4) is 0 Å². The number of nitrogens with one attached hydrogen (secondary N) is 1. The molecule has 2 aliphatic heterocycles. The summed E-state index contributed by atoms with van der Waals surface area (Å²) in [6.07, 6.45) is 6.27. The molecule has 2 fully saturated rings. The van der Waals surface area contributed by atoms with E-state index in [2.05, 4.69) is 20.2 Å². The van der Waals surface area contributed by atoms with Crippen LogP contribution in [0.4, 0.5) is 0 Å². The van der Waals surface area contributed by atoms with Gasteiger partial charge >= 0.3 is 0 Å². The Labute approximate surface area is 155 Å². The average Bonchev–Trinajstić information content (AvgIpc) is 2.60. The molecule has 2 saturated heterocycles. The number of carbonyl (C=O) groups is 2. The van der Waals surface area contributed by atoms with E-state index in [1.807, 2.05) is 19.9 Å². The van der Waals surface area contributed by atoms with Crippen LogP contribution in [0.2, 0.25) is 0 Å². The lowest BCUT2D eigenvalue weighted by Gasteiger charge is -2.36. The number of hydrogen-bond acceptors (Lipinski definition) is 6. The Balaban J connectivity index is 1.48. The highest BCUT2D eigenvalue weighted by Crippen LogP contribution is 2.31. The van der Waals surface area contributed by atoms with Crippen molar-refractivity contribution >= 4 is 11.8 Å². The maximum Gasteiger partial charge on any atom is 0.229 e. The fourth-order valence-corrected chi connectivity index (χ4v) is 3.80. The van der Waals surface area contributed by atoms with Crippen LogP contribution in [0.1, 0.15) is 51.4 Å². The van der Waals surface area contributed by atoms with Crippen molar-refractivity contribution in [2.45, 2.75) is 45.6 Å². The van der Waals surface area contributed by atoms with E-state index >= 15 is 0 Å². The van der Waals surface area contributed by atoms with E-state index < -0.39 is 0 Å². The lowest BCUT2D eigenvalue weighted by atomic mass is 9.82. The van der Waals surface area contributed by atoms with E-state index in [0.29, 0.717) is 19.4 Å². The van der Waals surface area contributed by atoms with Crippen molar-refractivity contribution in [1.82, 2.24) is 25.1 Å². The standard InChI is InChI=1S/C19H29N5O2/c1-19(2)12-16(25)24(17(26)13-19)10-4-3-9-23-11-8-20-14-15(23)18-21-6-5-7-22-18/h5-7,15,20H,3-4,8-14H2,1-2H3. The molecular weight excluding hydrogens is 330 g/mol. The predicted octanol–water partition coefficient (Wildman–Crippen LogP) is 1.38. The van der Waals surface area contributed by atoms with Gasteiger partial charge in [-0.25, -0.2) is 9.97 Å². The van der Waals surface area contributed by atoms with Crippen LogP contribution >= 0.6 is 0 Å². The van der Waals surface area contributed by atoms with Crippen molar-refractivity contribution in [2.24, 2.45) is 5.41 Å². The molecular formula is C19H29N5O2. The number of piperidine rings is 1. The first kappa shape index (κ1) is 18.9. The first-order valence-corrected chi connectivity index (χ1v) is 9.51. The number of amides is 2. The quantitative estimate of drug-likeness (QED) is 0.611. The number of hydrogen-bond donors (Lipinski definition) is 1. The van der Waals surface area contributed by atoms with Crippen LogP contribution in [-0.4, -0.2) is 64.3 Å². The normalized spacial score (nSPS) is 24.1. The first-order chi connectivity index (χ1) is 12.5. The Morgan fingerprint density at radius 2 is 1.77 bits per heavy atom. The summed E-state index contributed by atoms with van der Waals surface area (Å²) in [4.78, 5) is 37.1. The Bertz CT molecular complexity index is 614. The molecule has 0 aromatic carbocycles. The maximum atomic E-state index is 12.2. The van der Waals surface area contributed by atoms with Crippen LogP contribution < -0.4 is 5.32 Å². The summed E-state index contributed by atoms with van der Waals surface area (Å²) >= 11 is 0. The number of unbranched alkanes of at least 4 members (excludes halogenated alkanes) is 1. The molecule has 7 heteroatoms. The molecule has 7 nitrogen and oxygen atoms in total. The van der Waals surface area contributed by atoms with Gasteiger partial charge in [-0.2, -0.15) is 0 Å². The minimum Gasteiger partial charge on any atom is -0.313 e. The topological polar surface area (TPSA) is 78.4 Å². The number of rotatable bonds is 6. The highest BCUT2D eigenvalue weighted by Gasteiger charge is 2.37. The van der Waals surface area contributed by atoms with Crippen molar-refractivity contribution < 1.29 is 9.59 Å². The third-order valence-corrected chi connectivity index (χ3v) is 5.18. The number of carbonyl (C=O) groups excluding carboxylic acids is 2. The smallest absolute Gasteiger partial charge is 0.229 e. The fraction of sp³-hybridized carbons (Fsp3) is 0.684. The van der Waals surface area contributed by atoms with Gasteiger partial charge in [0.25, 0.3) is 0 Å². The Morgan fingerprint density at radius 1 is 1.12 bits per heavy atom. The van der Waals surface area contributed by atoms with Gasteiger partial charge in [-0.05, 0) is 30.9 Å². The number of piperazine rings is 1. The van der Waals surface area contributed by atoms with E-state index in [1.54, 1.807) is 12.4 Å². The van der Waals surface area contributed by atoms with Gasteiger partial charge in [-0.3, -0.25) is 19.4 Å². The second kappa shape index (κ2) is 8.22. The van der Waals surface area contributed by atoms with E-state index in [9.17, 15) is 9.59 Å². The van der Waals surface area contributed by atoms with E-state index in [1.165, 1.54) is 4.90 Å². The molecule has 1 aromatic rings. The molecule has 1 aromatic heterocycles. The Hall–Kier alpha value is -1.86. The average molecular weight is 359 g/mol. The van der Waals surface area contributed by atoms with E-state index in [0.717, 1.165) is 44.8 Å². The van der Waals surface area contributed by atoms with Gasteiger partial charge < -0.3 is 5.32 Å². The molecule has 1 unspecified atom stereocenters. The lowest BCUT2D eigenvalue weighted by Crippen LogP contribution is -2.47. The summed E-state index contributed by atoms with van der Waals surface area (Å²) in [5, 5.41) is 3.41. The van der Waals surface area contributed by atoms with Crippen molar-refractivity contribution in [1.29, 1.82) is 0 Å². The summed E-state index contributed by atoms with van der Waals surface area (Å²) in [6.45, 7) is 8.19. The molecule has 0 spiro atoms. The molecule has 142 valence electrons. The molecule has 3 rings (SSSR count). The molecule has 1 N–H and O–H groups in total. The molecule has 0 aliphatic carbocycles. The highest BCUT2D eigenvalue weighted by atomic mass is 16.2.